The molecule has 0 amide bonds. The summed E-state index contributed by atoms with van der Waals surface area (Å²) in [6.45, 7) is 6.69. The van der Waals surface area contributed by atoms with Gasteiger partial charge in [-0.05, 0) is 56.7 Å². The van der Waals surface area contributed by atoms with Crippen LogP contribution in [0, 0.1) is 0 Å². The smallest absolute Gasteiger partial charge is 0.0531 e. The summed E-state index contributed by atoms with van der Waals surface area (Å²) in [6.07, 6.45) is 2.33. The largest absolute Gasteiger partial charge is 0.366 e. The van der Waals surface area contributed by atoms with Crippen LogP contribution in [-0.4, -0.2) is 12.6 Å². The van der Waals surface area contributed by atoms with Crippen LogP contribution in [0.1, 0.15) is 26.3 Å². The van der Waals surface area contributed by atoms with Gasteiger partial charge in [0.25, 0.3) is 0 Å². The van der Waals surface area contributed by atoms with Gasteiger partial charge in [-0.3, -0.25) is 0 Å². The average molecular weight is 278 g/mol. The number of hydrogen-bond acceptors (Lipinski definition) is 2. The van der Waals surface area contributed by atoms with Gasteiger partial charge in [0.05, 0.1) is 5.54 Å². The topological polar surface area (TPSA) is 15.3 Å². The molecule has 0 bridgehead atoms. The number of nitrogens with one attached hydrogen (secondary N) is 1. The highest BCUT2D eigenvalue weighted by molar-refractivity contribution is 5.83. The van der Waals surface area contributed by atoms with Crippen molar-refractivity contribution >= 4 is 22.6 Å². The Bertz CT molecular complexity index is 684. The molecule has 1 aliphatic rings. The Labute approximate surface area is 127 Å². The minimum absolute atomic E-state index is 0.0610. The average Bonchev–Trinajstić information content (AvgIpc) is 2.46. The summed E-state index contributed by atoms with van der Waals surface area (Å²) in [6, 6.07) is 16.9. The highest BCUT2D eigenvalue weighted by atomic mass is 15.2. The summed E-state index contributed by atoms with van der Waals surface area (Å²) in [5, 5.41) is 3.46. The number of anilines is 3. The van der Waals surface area contributed by atoms with E-state index in [1.165, 1.54) is 16.8 Å². The van der Waals surface area contributed by atoms with Gasteiger partial charge in [0.15, 0.2) is 0 Å². The maximum absolute atomic E-state index is 3.46. The van der Waals surface area contributed by atoms with Crippen LogP contribution in [0.15, 0.2) is 54.6 Å². The van der Waals surface area contributed by atoms with Crippen molar-refractivity contribution in [1.82, 2.24) is 0 Å². The molecule has 2 aromatic rings. The normalized spacial score (nSPS) is 16.2. The molecule has 0 unspecified atom stereocenters. The van der Waals surface area contributed by atoms with Crippen molar-refractivity contribution < 1.29 is 0 Å². The summed E-state index contributed by atoms with van der Waals surface area (Å²) in [7, 11) is 2.16. The van der Waals surface area contributed by atoms with E-state index in [4.69, 9.17) is 0 Å². The second kappa shape index (κ2) is 4.96. The molecule has 0 fully saturated rings. The summed E-state index contributed by atoms with van der Waals surface area (Å²) in [5.74, 6) is 0. The first-order valence-electron chi connectivity index (χ1n) is 7.37. The van der Waals surface area contributed by atoms with Gasteiger partial charge in [-0.25, -0.2) is 0 Å². The van der Waals surface area contributed by atoms with Crippen LogP contribution in [0.25, 0.3) is 5.57 Å². The fourth-order valence-electron chi connectivity index (χ4n) is 2.93. The Hall–Kier alpha value is -2.22. The van der Waals surface area contributed by atoms with Gasteiger partial charge in [0, 0.05) is 29.7 Å². The third-order valence-electron chi connectivity index (χ3n) is 4.28. The van der Waals surface area contributed by atoms with Gasteiger partial charge in [-0.1, -0.05) is 24.3 Å². The number of benzene rings is 2. The van der Waals surface area contributed by atoms with Gasteiger partial charge in [0.1, 0.15) is 0 Å². The van der Waals surface area contributed by atoms with Crippen molar-refractivity contribution in [2.75, 3.05) is 17.3 Å². The van der Waals surface area contributed by atoms with E-state index in [2.05, 4.69) is 74.4 Å². The van der Waals surface area contributed by atoms with Crippen LogP contribution >= 0.6 is 0 Å². The molecule has 3 rings (SSSR count). The number of rotatable bonds is 2. The minimum Gasteiger partial charge on any atom is -0.366 e. The Morgan fingerprint density at radius 2 is 1.67 bits per heavy atom. The zero-order chi connectivity index (χ0) is 15.0. The van der Waals surface area contributed by atoms with Crippen LogP contribution < -0.4 is 10.2 Å². The zero-order valence-corrected chi connectivity index (χ0v) is 13.1. The lowest BCUT2D eigenvalue weighted by Crippen LogP contribution is -2.41. The van der Waals surface area contributed by atoms with Gasteiger partial charge in [0.2, 0.25) is 0 Å². The molecule has 0 radical (unpaired) electrons. The summed E-state index contributed by atoms with van der Waals surface area (Å²) in [4.78, 5) is 2.33. The first kappa shape index (κ1) is 13.7. The minimum atomic E-state index is 0.0610. The summed E-state index contributed by atoms with van der Waals surface area (Å²) < 4.78 is 0. The van der Waals surface area contributed by atoms with E-state index in [1.807, 2.05) is 18.2 Å². The molecule has 2 heteroatoms. The molecule has 0 saturated carbocycles. The summed E-state index contributed by atoms with van der Waals surface area (Å²) in [5.41, 5.74) is 6.23. The third kappa shape index (κ3) is 2.54. The maximum atomic E-state index is 3.46. The number of hydrogen-bond donors (Lipinski definition) is 1. The van der Waals surface area contributed by atoms with Crippen molar-refractivity contribution in [1.29, 1.82) is 0 Å². The van der Waals surface area contributed by atoms with E-state index < -0.39 is 0 Å². The lowest BCUT2D eigenvalue weighted by Gasteiger charge is -2.40. The van der Waals surface area contributed by atoms with Crippen molar-refractivity contribution in [3.63, 3.8) is 0 Å². The van der Waals surface area contributed by atoms with E-state index >= 15 is 0 Å². The van der Waals surface area contributed by atoms with Crippen molar-refractivity contribution in [3.8, 4) is 0 Å². The molecule has 2 aromatic carbocycles. The molecular weight excluding hydrogens is 256 g/mol. The molecule has 1 N–H and O–H groups in total. The SMILES string of the molecule is CC1=CC(C)(C)N(C)c2ccc(Nc3ccccc3)cc21. The van der Waals surface area contributed by atoms with Crippen molar-refractivity contribution in [2.45, 2.75) is 26.3 Å². The van der Waals surface area contributed by atoms with Crippen molar-refractivity contribution in [2.24, 2.45) is 0 Å². The van der Waals surface area contributed by atoms with Gasteiger partial charge in [-0.2, -0.15) is 0 Å². The monoisotopic (exact) mass is 278 g/mol. The van der Waals surface area contributed by atoms with Gasteiger partial charge < -0.3 is 10.2 Å². The molecule has 2 nitrogen and oxygen atoms in total. The van der Waals surface area contributed by atoms with Crippen LogP contribution in [0.5, 0.6) is 0 Å². The molecule has 0 aliphatic carbocycles. The first-order valence-corrected chi connectivity index (χ1v) is 7.37. The van der Waals surface area contributed by atoms with Crippen LogP contribution in [0.4, 0.5) is 17.1 Å². The lowest BCUT2D eigenvalue weighted by molar-refractivity contribution is 0.598. The zero-order valence-electron chi connectivity index (χ0n) is 13.1. The number of fused-ring (bicyclic) bond motifs is 1. The van der Waals surface area contributed by atoms with Gasteiger partial charge in [-0.15, -0.1) is 0 Å². The second-order valence-corrected chi connectivity index (χ2v) is 6.26. The van der Waals surface area contributed by atoms with Gasteiger partial charge >= 0.3 is 0 Å². The molecule has 0 saturated heterocycles. The third-order valence-corrected chi connectivity index (χ3v) is 4.28. The molecule has 0 atom stereocenters. The van der Waals surface area contributed by atoms with Crippen molar-refractivity contribution in [3.05, 3.63) is 60.2 Å². The number of likely N-dealkylation sites (N-methyl/N-ethyl adjacent to an activating group) is 1. The van der Waals surface area contributed by atoms with E-state index in [0.29, 0.717) is 0 Å². The Morgan fingerprint density at radius 1 is 0.952 bits per heavy atom. The highest BCUT2D eigenvalue weighted by Crippen LogP contribution is 2.39. The Balaban J connectivity index is 1.97. The van der Waals surface area contributed by atoms with Crippen LogP contribution in [-0.2, 0) is 0 Å². The van der Waals surface area contributed by atoms with E-state index in [9.17, 15) is 0 Å². The fourth-order valence-corrected chi connectivity index (χ4v) is 2.93. The molecular formula is C19H22N2. The Morgan fingerprint density at radius 3 is 2.38 bits per heavy atom. The predicted octanol–water partition coefficient (Wildman–Crippen LogP) is 5.06. The number of nitrogens with zero attached hydrogens (tertiary/aromatic N) is 1. The number of allylic oxidation sites excluding steroid dienone is 1. The second-order valence-electron chi connectivity index (χ2n) is 6.26. The number of para-hydroxylation sites is 1. The molecule has 1 heterocycles. The predicted molar refractivity (Wildman–Crippen MR) is 92.3 cm³/mol. The molecule has 0 spiro atoms. The quantitative estimate of drug-likeness (QED) is 0.825. The maximum Gasteiger partial charge on any atom is 0.0531 e. The first-order chi connectivity index (χ1) is 9.97. The fraction of sp³-hybridized carbons (Fsp3) is 0.263. The summed E-state index contributed by atoms with van der Waals surface area (Å²) >= 11 is 0. The van der Waals surface area contributed by atoms with E-state index in [0.717, 1.165) is 11.4 Å². The standard InChI is InChI=1S/C19H22N2/c1-14-13-19(2,3)21(4)18-11-10-16(12-17(14)18)20-15-8-6-5-7-9-15/h5-13,20H,1-4H3. The molecule has 0 aromatic heterocycles. The molecule has 21 heavy (non-hydrogen) atoms. The molecule has 1 aliphatic heterocycles. The van der Waals surface area contributed by atoms with E-state index in [1.54, 1.807) is 0 Å². The Kier molecular flexibility index (Phi) is 3.25. The lowest BCUT2D eigenvalue weighted by atomic mass is 9.89. The van der Waals surface area contributed by atoms with Crippen LogP contribution in [0.3, 0.4) is 0 Å². The van der Waals surface area contributed by atoms with E-state index in [-0.39, 0.29) is 5.54 Å². The molecule has 108 valence electrons. The highest BCUT2D eigenvalue weighted by Gasteiger charge is 2.28. The van der Waals surface area contributed by atoms with Crippen LogP contribution in [0.2, 0.25) is 0 Å².